The normalized spacial score (nSPS) is 16.2. The second-order valence-electron chi connectivity index (χ2n) is 6.20. The number of aryl methyl sites for hydroxylation is 1. The van der Waals surface area contributed by atoms with E-state index in [0.717, 1.165) is 5.69 Å². The molecule has 3 aromatic rings. The highest BCUT2D eigenvalue weighted by atomic mass is 32.1. The molecular formula is C16H19N5OS. The van der Waals surface area contributed by atoms with E-state index in [4.69, 9.17) is 4.98 Å². The van der Waals surface area contributed by atoms with Gasteiger partial charge in [-0.2, -0.15) is 5.10 Å². The summed E-state index contributed by atoms with van der Waals surface area (Å²) in [6.45, 7) is 0.472. The first kappa shape index (κ1) is 14.6. The largest absolute Gasteiger partial charge is 0.292 e. The fourth-order valence-electron chi connectivity index (χ4n) is 3.29. The minimum atomic E-state index is -0.0599. The number of rotatable bonds is 3. The summed E-state index contributed by atoms with van der Waals surface area (Å²) in [5.74, 6) is 0.609. The molecule has 0 aromatic carbocycles. The minimum Gasteiger partial charge on any atom is -0.292 e. The van der Waals surface area contributed by atoms with Crippen LogP contribution in [0.15, 0.2) is 22.7 Å². The first-order valence-electron chi connectivity index (χ1n) is 8.04. The smallest absolute Gasteiger partial charge is 0.264 e. The standard InChI is InChI=1S/C16H19N5OS/c1-20-14-13(7-18-20)16(22)21(10-17-14)8-12-9-23-15(19-12)11-5-3-2-4-6-11/h7,9-11H,2-6,8H2,1H3. The van der Waals surface area contributed by atoms with Crippen molar-refractivity contribution in [2.75, 3.05) is 0 Å². The lowest BCUT2D eigenvalue weighted by molar-refractivity contribution is 0.441. The number of hydrogen-bond donors (Lipinski definition) is 0. The molecule has 7 heteroatoms. The van der Waals surface area contributed by atoms with Gasteiger partial charge in [-0.1, -0.05) is 19.3 Å². The average molecular weight is 329 g/mol. The SMILES string of the molecule is Cn1ncc2c(=O)n(Cc3csc(C4CCCCC4)n3)cnc21. The number of thiazole rings is 1. The van der Waals surface area contributed by atoms with E-state index in [0.29, 0.717) is 23.5 Å². The zero-order chi connectivity index (χ0) is 15.8. The topological polar surface area (TPSA) is 65.6 Å². The lowest BCUT2D eigenvalue weighted by Crippen LogP contribution is -2.21. The van der Waals surface area contributed by atoms with Crippen LogP contribution in [0.5, 0.6) is 0 Å². The predicted molar refractivity (Wildman–Crippen MR) is 89.8 cm³/mol. The minimum absolute atomic E-state index is 0.0599. The Morgan fingerprint density at radius 1 is 1.30 bits per heavy atom. The van der Waals surface area contributed by atoms with Crippen LogP contribution in [-0.4, -0.2) is 24.3 Å². The summed E-state index contributed by atoms with van der Waals surface area (Å²) in [7, 11) is 1.79. The van der Waals surface area contributed by atoms with Gasteiger partial charge in [0.2, 0.25) is 0 Å². The van der Waals surface area contributed by atoms with Crippen LogP contribution in [0.4, 0.5) is 0 Å². The zero-order valence-corrected chi connectivity index (χ0v) is 13.9. The third-order valence-corrected chi connectivity index (χ3v) is 5.63. The van der Waals surface area contributed by atoms with Gasteiger partial charge >= 0.3 is 0 Å². The molecule has 0 N–H and O–H groups in total. The first-order valence-corrected chi connectivity index (χ1v) is 8.92. The molecule has 4 rings (SSSR count). The molecule has 0 bridgehead atoms. The third kappa shape index (κ3) is 2.69. The molecule has 3 heterocycles. The molecule has 3 aromatic heterocycles. The van der Waals surface area contributed by atoms with Crippen molar-refractivity contribution in [2.45, 2.75) is 44.6 Å². The zero-order valence-electron chi connectivity index (χ0n) is 13.1. The Balaban J connectivity index is 1.59. The van der Waals surface area contributed by atoms with E-state index in [1.807, 2.05) is 0 Å². The van der Waals surface area contributed by atoms with Crippen molar-refractivity contribution < 1.29 is 0 Å². The highest BCUT2D eigenvalue weighted by Gasteiger charge is 2.19. The Morgan fingerprint density at radius 2 is 2.13 bits per heavy atom. The van der Waals surface area contributed by atoms with Gasteiger partial charge in [-0.15, -0.1) is 11.3 Å². The van der Waals surface area contributed by atoms with E-state index in [1.54, 1.807) is 40.2 Å². The fraction of sp³-hybridized carbons (Fsp3) is 0.500. The Morgan fingerprint density at radius 3 is 2.96 bits per heavy atom. The molecule has 23 heavy (non-hydrogen) atoms. The molecule has 0 amide bonds. The van der Waals surface area contributed by atoms with E-state index in [9.17, 15) is 4.79 Å². The number of nitrogens with zero attached hydrogens (tertiary/aromatic N) is 5. The summed E-state index contributed by atoms with van der Waals surface area (Å²) in [6, 6.07) is 0. The van der Waals surface area contributed by atoms with Crippen LogP contribution in [-0.2, 0) is 13.6 Å². The molecule has 0 aliphatic heterocycles. The van der Waals surface area contributed by atoms with Gasteiger partial charge in [-0.25, -0.2) is 9.97 Å². The van der Waals surface area contributed by atoms with E-state index >= 15 is 0 Å². The maximum Gasteiger partial charge on any atom is 0.264 e. The molecule has 0 unspecified atom stereocenters. The summed E-state index contributed by atoms with van der Waals surface area (Å²) in [5, 5.41) is 7.95. The third-order valence-electron chi connectivity index (χ3n) is 4.57. The first-order chi connectivity index (χ1) is 11.2. The Kier molecular flexibility index (Phi) is 3.72. The van der Waals surface area contributed by atoms with Crippen LogP contribution in [0.1, 0.15) is 48.7 Å². The van der Waals surface area contributed by atoms with Gasteiger partial charge in [0.1, 0.15) is 11.7 Å². The van der Waals surface area contributed by atoms with Crippen LogP contribution >= 0.6 is 11.3 Å². The summed E-state index contributed by atoms with van der Waals surface area (Å²) >= 11 is 1.73. The van der Waals surface area contributed by atoms with Gasteiger partial charge in [0.15, 0.2) is 5.65 Å². The summed E-state index contributed by atoms with van der Waals surface area (Å²) < 4.78 is 3.23. The molecule has 0 radical (unpaired) electrons. The van der Waals surface area contributed by atoms with Crippen molar-refractivity contribution in [1.82, 2.24) is 24.3 Å². The maximum absolute atomic E-state index is 12.5. The van der Waals surface area contributed by atoms with E-state index in [2.05, 4.69) is 15.5 Å². The van der Waals surface area contributed by atoms with Crippen molar-refractivity contribution in [3.63, 3.8) is 0 Å². The molecule has 120 valence electrons. The van der Waals surface area contributed by atoms with Gasteiger partial charge in [0.05, 0.1) is 23.4 Å². The lowest BCUT2D eigenvalue weighted by atomic mass is 9.90. The van der Waals surface area contributed by atoms with Gasteiger partial charge < -0.3 is 0 Å². The molecular weight excluding hydrogens is 310 g/mol. The maximum atomic E-state index is 12.5. The Bertz CT molecular complexity index is 887. The second-order valence-corrected chi connectivity index (χ2v) is 7.08. The van der Waals surface area contributed by atoms with Crippen LogP contribution in [0.3, 0.4) is 0 Å². The van der Waals surface area contributed by atoms with E-state index in [1.165, 1.54) is 37.1 Å². The Hall–Kier alpha value is -2.02. The molecule has 0 atom stereocenters. The monoisotopic (exact) mass is 329 g/mol. The van der Waals surface area contributed by atoms with Crippen molar-refractivity contribution in [1.29, 1.82) is 0 Å². The van der Waals surface area contributed by atoms with Gasteiger partial charge in [-0.05, 0) is 12.8 Å². The van der Waals surface area contributed by atoms with Crippen LogP contribution < -0.4 is 5.56 Å². The predicted octanol–water partition coefficient (Wildman–Crippen LogP) is 2.68. The van der Waals surface area contributed by atoms with Gasteiger partial charge in [0, 0.05) is 18.3 Å². The molecule has 1 aliphatic rings. The van der Waals surface area contributed by atoms with Crippen molar-refractivity contribution in [3.05, 3.63) is 39.0 Å². The van der Waals surface area contributed by atoms with E-state index < -0.39 is 0 Å². The van der Waals surface area contributed by atoms with Crippen molar-refractivity contribution in [3.8, 4) is 0 Å². The van der Waals surface area contributed by atoms with Crippen LogP contribution in [0.2, 0.25) is 0 Å². The van der Waals surface area contributed by atoms with Crippen molar-refractivity contribution >= 4 is 22.4 Å². The quantitative estimate of drug-likeness (QED) is 0.741. The molecule has 1 fully saturated rings. The highest BCUT2D eigenvalue weighted by molar-refractivity contribution is 7.09. The summed E-state index contributed by atoms with van der Waals surface area (Å²) in [5.41, 5.74) is 1.51. The fourth-order valence-corrected chi connectivity index (χ4v) is 4.27. The van der Waals surface area contributed by atoms with Crippen molar-refractivity contribution in [2.24, 2.45) is 7.05 Å². The molecule has 0 saturated heterocycles. The van der Waals surface area contributed by atoms with Crippen LogP contribution in [0.25, 0.3) is 11.0 Å². The highest BCUT2D eigenvalue weighted by Crippen LogP contribution is 2.34. The number of fused-ring (bicyclic) bond motifs is 1. The van der Waals surface area contributed by atoms with E-state index in [-0.39, 0.29) is 5.56 Å². The number of hydrogen-bond acceptors (Lipinski definition) is 5. The average Bonchev–Trinajstić information content (AvgIpc) is 3.19. The van der Waals surface area contributed by atoms with Crippen LogP contribution in [0, 0.1) is 0 Å². The van der Waals surface area contributed by atoms with Gasteiger partial charge in [0.25, 0.3) is 5.56 Å². The number of aromatic nitrogens is 5. The van der Waals surface area contributed by atoms with Gasteiger partial charge in [-0.3, -0.25) is 14.0 Å². The molecule has 1 aliphatic carbocycles. The lowest BCUT2D eigenvalue weighted by Gasteiger charge is -2.18. The second kappa shape index (κ2) is 5.88. The molecule has 6 nitrogen and oxygen atoms in total. The molecule has 1 saturated carbocycles. The molecule has 0 spiro atoms. The summed E-state index contributed by atoms with van der Waals surface area (Å²) in [6.07, 6.45) is 9.62. The Labute approximate surface area is 137 Å². The summed E-state index contributed by atoms with van der Waals surface area (Å²) in [4.78, 5) is 21.6.